The lowest BCUT2D eigenvalue weighted by Crippen LogP contribution is -2.64. The number of fused-ring (bicyclic) bond motifs is 2. The average molecular weight is 564 g/mol. The van der Waals surface area contributed by atoms with Crippen molar-refractivity contribution in [3.8, 4) is 0 Å². The number of rotatable bonds is 6. The number of piperazine rings is 1. The van der Waals surface area contributed by atoms with Crippen LogP contribution in [0.15, 0.2) is 29.2 Å². The molecule has 2 N–H and O–H groups in total. The first-order chi connectivity index (χ1) is 18.5. The first kappa shape index (κ1) is 27.2. The third kappa shape index (κ3) is 5.03. The maximum Gasteiger partial charge on any atom is 0.416 e. The number of halogens is 4. The molecule has 0 spiro atoms. The molecule has 2 atom stereocenters. The maximum absolute atomic E-state index is 13.9. The van der Waals surface area contributed by atoms with E-state index in [1.54, 1.807) is 23.6 Å². The van der Waals surface area contributed by atoms with Crippen LogP contribution in [-0.4, -0.2) is 59.7 Å². The summed E-state index contributed by atoms with van der Waals surface area (Å²) in [4.78, 5) is 40.2. The Morgan fingerprint density at radius 2 is 2.05 bits per heavy atom. The highest BCUT2D eigenvalue weighted by molar-refractivity contribution is 6.33. The molecule has 9 nitrogen and oxygen atoms in total. The summed E-state index contributed by atoms with van der Waals surface area (Å²) in [7, 11) is 3.60. The summed E-state index contributed by atoms with van der Waals surface area (Å²) in [6, 6.07) is 3.23. The highest BCUT2D eigenvalue weighted by Gasteiger charge is 2.40. The molecule has 0 radical (unpaired) electrons. The molecule has 1 saturated carbocycles. The fourth-order valence-electron chi connectivity index (χ4n) is 5.30. The third-order valence-electron chi connectivity index (χ3n) is 7.38. The van der Waals surface area contributed by atoms with Crippen molar-refractivity contribution in [3.63, 3.8) is 0 Å². The Morgan fingerprint density at radius 3 is 2.67 bits per heavy atom. The van der Waals surface area contributed by atoms with Gasteiger partial charge in [-0.1, -0.05) is 18.5 Å². The van der Waals surface area contributed by atoms with Crippen molar-refractivity contribution in [2.24, 2.45) is 0 Å². The summed E-state index contributed by atoms with van der Waals surface area (Å²) < 4.78 is 40.8. The number of aromatic nitrogens is 3. The number of pyridine rings is 1. The Kier molecular flexibility index (Phi) is 7.19. The van der Waals surface area contributed by atoms with Gasteiger partial charge in [0.2, 0.25) is 11.3 Å². The molecule has 3 aromatic rings. The Bertz CT molecular complexity index is 1490. The van der Waals surface area contributed by atoms with Crippen LogP contribution in [0.5, 0.6) is 0 Å². The molecule has 2 aliphatic rings. The third-order valence-corrected chi connectivity index (χ3v) is 7.69. The van der Waals surface area contributed by atoms with Crippen molar-refractivity contribution in [2.45, 2.75) is 51.0 Å². The quantitative estimate of drug-likeness (QED) is 0.472. The van der Waals surface area contributed by atoms with Crippen LogP contribution in [0.25, 0.3) is 11.2 Å². The SMILES string of the molecule is CCc1c(N2CCNC3CCC32)c(=O)c2nc(N(C)C)cnc2n1CC(=O)Nc1ccc(C(F)(F)F)cc1Cl. The Hall–Kier alpha value is -3.38. The van der Waals surface area contributed by atoms with Crippen molar-refractivity contribution < 1.29 is 18.0 Å². The smallest absolute Gasteiger partial charge is 0.361 e. The first-order valence-electron chi connectivity index (χ1n) is 12.8. The normalized spacial score (nSPS) is 19.0. The van der Waals surface area contributed by atoms with Crippen LogP contribution in [0, 0.1) is 0 Å². The number of hydrogen-bond acceptors (Lipinski definition) is 7. The minimum atomic E-state index is -4.55. The van der Waals surface area contributed by atoms with Gasteiger partial charge in [-0.05, 0) is 37.5 Å². The summed E-state index contributed by atoms with van der Waals surface area (Å²) in [5.41, 5.74) is 0.509. The highest BCUT2D eigenvalue weighted by Crippen LogP contribution is 2.35. The number of nitrogens with zero attached hydrogens (tertiary/aromatic N) is 5. The lowest BCUT2D eigenvalue weighted by atomic mass is 9.83. The van der Waals surface area contributed by atoms with Gasteiger partial charge in [0.05, 0.1) is 22.5 Å². The molecule has 2 aromatic heterocycles. The van der Waals surface area contributed by atoms with E-state index in [2.05, 4.69) is 25.5 Å². The molecule has 1 aliphatic carbocycles. The minimum absolute atomic E-state index is 0.0543. The van der Waals surface area contributed by atoms with Gasteiger partial charge >= 0.3 is 6.18 Å². The Morgan fingerprint density at radius 1 is 1.28 bits per heavy atom. The lowest BCUT2D eigenvalue weighted by molar-refractivity contribution is -0.137. The van der Waals surface area contributed by atoms with E-state index in [1.165, 1.54) is 6.20 Å². The lowest BCUT2D eigenvalue weighted by Gasteiger charge is -2.50. The summed E-state index contributed by atoms with van der Waals surface area (Å²) in [6.45, 7) is 3.05. The number of carbonyl (C=O) groups is 1. The fourth-order valence-corrected chi connectivity index (χ4v) is 5.52. The Balaban J connectivity index is 1.58. The number of carbonyl (C=O) groups excluding carboxylic acids is 1. The second-order valence-electron chi connectivity index (χ2n) is 10.00. The zero-order valence-corrected chi connectivity index (χ0v) is 22.5. The van der Waals surface area contributed by atoms with Gasteiger partial charge < -0.3 is 25.0 Å². The van der Waals surface area contributed by atoms with Crippen LogP contribution in [0.3, 0.4) is 0 Å². The largest absolute Gasteiger partial charge is 0.416 e. The van der Waals surface area contributed by atoms with Crippen LogP contribution >= 0.6 is 11.6 Å². The molecule has 1 aromatic carbocycles. The van der Waals surface area contributed by atoms with Crippen LogP contribution < -0.4 is 25.9 Å². The van der Waals surface area contributed by atoms with Crippen molar-refractivity contribution in [3.05, 3.63) is 50.9 Å². The number of hydrogen-bond donors (Lipinski definition) is 2. The monoisotopic (exact) mass is 563 g/mol. The summed E-state index contributed by atoms with van der Waals surface area (Å²) in [5, 5.41) is 5.87. The van der Waals surface area contributed by atoms with E-state index < -0.39 is 17.6 Å². The summed E-state index contributed by atoms with van der Waals surface area (Å²) >= 11 is 6.06. The molecule has 39 heavy (non-hydrogen) atoms. The molecular weight excluding hydrogens is 535 g/mol. The van der Waals surface area contributed by atoms with E-state index in [1.807, 2.05) is 6.92 Å². The van der Waals surface area contributed by atoms with Gasteiger partial charge in [-0.3, -0.25) is 9.59 Å². The zero-order valence-electron chi connectivity index (χ0n) is 21.8. The molecule has 2 fully saturated rings. The second-order valence-corrected chi connectivity index (χ2v) is 10.4. The Labute approximate surface area is 228 Å². The van der Waals surface area contributed by atoms with E-state index in [0.29, 0.717) is 36.2 Å². The van der Waals surface area contributed by atoms with Gasteiger partial charge in [-0.15, -0.1) is 0 Å². The molecular formula is C26H29ClF3N7O2. The number of nitrogens with one attached hydrogen (secondary N) is 2. The van der Waals surface area contributed by atoms with Crippen molar-refractivity contribution in [1.82, 2.24) is 19.9 Å². The number of benzene rings is 1. The number of amides is 1. The van der Waals surface area contributed by atoms with Gasteiger partial charge in [0.25, 0.3) is 0 Å². The molecule has 208 valence electrons. The minimum Gasteiger partial charge on any atom is -0.361 e. The number of anilines is 3. The molecule has 0 bridgehead atoms. The van der Waals surface area contributed by atoms with Crippen LogP contribution in [0.2, 0.25) is 5.02 Å². The van der Waals surface area contributed by atoms with Gasteiger partial charge in [0.1, 0.15) is 18.1 Å². The van der Waals surface area contributed by atoms with Crippen LogP contribution in [0.1, 0.15) is 31.0 Å². The maximum atomic E-state index is 13.9. The molecule has 2 unspecified atom stereocenters. The van der Waals surface area contributed by atoms with Gasteiger partial charge in [-0.25, -0.2) is 9.97 Å². The van der Waals surface area contributed by atoms with Gasteiger partial charge in [0.15, 0.2) is 11.2 Å². The molecule has 3 heterocycles. The molecule has 1 saturated heterocycles. The molecule has 1 aliphatic heterocycles. The second kappa shape index (κ2) is 10.3. The predicted octanol–water partition coefficient (Wildman–Crippen LogP) is 3.67. The van der Waals surface area contributed by atoms with Crippen LogP contribution in [0.4, 0.5) is 30.4 Å². The fraction of sp³-hybridized carbons (Fsp3) is 0.462. The van der Waals surface area contributed by atoms with E-state index in [-0.39, 0.29) is 39.9 Å². The van der Waals surface area contributed by atoms with Crippen molar-refractivity contribution in [1.29, 1.82) is 0 Å². The zero-order chi connectivity index (χ0) is 28.1. The van der Waals surface area contributed by atoms with Gasteiger partial charge in [0, 0.05) is 45.0 Å². The standard InChI is InChI=1S/C26H29ClF3N7O2/c1-4-18-23(36-10-9-31-17-7-8-19(17)36)24(39)22-25(32-12-20(34-22)35(2)3)37(18)13-21(38)33-16-6-5-14(11-15(16)27)26(28,29)30/h5-6,11-12,17,19,31H,4,7-10,13H2,1-3H3,(H,33,38). The molecule has 13 heteroatoms. The predicted molar refractivity (Wildman–Crippen MR) is 145 cm³/mol. The molecule has 5 rings (SSSR count). The topological polar surface area (TPSA) is 95.4 Å². The highest BCUT2D eigenvalue weighted by atomic mass is 35.5. The van der Waals surface area contributed by atoms with Gasteiger partial charge in [-0.2, -0.15) is 13.2 Å². The summed E-state index contributed by atoms with van der Waals surface area (Å²) in [6.07, 6.45) is -0.580. The van der Waals surface area contributed by atoms with E-state index in [4.69, 9.17) is 11.6 Å². The van der Waals surface area contributed by atoms with Crippen molar-refractivity contribution >= 4 is 45.9 Å². The van der Waals surface area contributed by atoms with E-state index in [9.17, 15) is 22.8 Å². The van der Waals surface area contributed by atoms with E-state index >= 15 is 0 Å². The number of alkyl halides is 3. The van der Waals surface area contributed by atoms with Crippen LogP contribution in [-0.2, 0) is 23.9 Å². The van der Waals surface area contributed by atoms with Crippen molar-refractivity contribution in [2.75, 3.05) is 42.3 Å². The average Bonchev–Trinajstić information content (AvgIpc) is 2.86. The molecule has 1 amide bonds. The van der Waals surface area contributed by atoms with E-state index in [0.717, 1.165) is 37.6 Å². The summed E-state index contributed by atoms with van der Waals surface area (Å²) in [5.74, 6) is -0.0215. The first-order valence-corrected chi connectivity index (χ1v) is 13.1.